The highest BCUT2D eigenvalue weighted by atomic mass is 79.9. The number of H-pyrrole nitrogens is 1. The lowest BCUT2D eigenvalue weighted by molar-refractivity contribution is 0.0530. The first-order valence-corrected chi connectivity index (χ1v) is 7.99. The minimum Gasteiger partial charge on any atom is -0.462 e. The quantitative estimate of drug-likeness (QED) is 0.768. The smallest absolute Gasteiger partial charge is 0.413 e. The van der Waals surface area contributed by atoms with Crippen LogP contribution in [0.1, 0.15) is 38.1 Å². The van der Waals surface area contributed by atoms with E-state index in [1.54, 1.807) is 33.8 Å². The Morgan fingerprint density at radius 1 is 1.30 bits per heavy atom. The van der Waals surface area contributed by atoms with Gasteiger partial charge in [-0.15, -0.1) is 0 Å². The number of aromatic amines is 1. The summed E-state index contributed by atoms with van der Waals surface area (Å²) in [6.45, 7) is 7.26. The number of nitrogens with one attached hydrogen (secondary N) is 2. The Morgan fingerprint density at radius 2 is 2.00 bits per heavy atom. The lowest BCUT2D eigenvalue weighted by Gasteiger charge is -2.19. The Balaban J connectivity index is 2.43. The fourth-order valence-corrected chi connectivity index (χ4v) is 2.44. The summed E-state index contributed by atoms with van der Waals surface area (Å²) in [4.78, 5) is 27.3. The van der Waals surface area contributed by atoms with E-state index >= 15 is 0 Å². The number of ether oxygens (including phenoxy) is 2. The van der Waals surface area contributed by atoms with E-state index in [1.165, 1.54) is 0 Å². The van der Waals surface area contributed by atoms with Crippen molar-refractivity contribution >= 4 is 44.7 Å². The van der Waals surface area contributed by atoms with E-state index in [9.17, 15) is 9.59 Å². The second-order valence-electron chi connectivity index (χ2n) is 5.91. The van der Waals surface area contributed by atoms with E-state index in [-0.39, 0.29) is 18.0 Å². The van der Waals surface area contributed by atoms with Crippen LogP contribution in [0.25, 0.3) is 10.9 Å². The lowest BCUT2D eigenvalue weighted by atomic mass is 10.1. The summed E-state index contributed by atoms with van der Waals surface area (Å²) in [5, 5.41) is 3.24. The van der Waals surface area contributed by atoms with Crippen LogP contribution >= 0.6 is 15.9 Å². The highest BCUT2D eigenvalue weighted by Gasteiger charge is 2.23. The van der Waals surface area contributed by atoms with Crippen molar-refractivity contribution in [1.82, 2.24) is 4.98 Å². The van der Waals surface area contributed by atoms with Gasteiger partial charge in [0.2, 0.25) is 0 Å². The maximum Gasteiger partial charge on any atom is 0.413 e. The predicted octanol–water partition coefficient (Wildman–Crippen LogP) is 4.45. The average Bonchev–Trinajstić information content (AvgIpc) is 2.73. The number of esters is 1. The summed E-state index contributed by atoms with van der Waals surface area (Å²) in [5.74, 6) is -0.256. The molecule has 1 heterocycles. The summed E-state index contributed by atoms with van der Waals surface area (Å²) in [5.41, 5.74) is 0.347. The number of rotatable bonds is 3. The Kier molecular flexibility index (Phi) is 4.99. The molecule has 1 amide bonds. The van der Waals surface area contributed by atoms with Crippen molar-refractivity contribution in [3.63, 3.8) is 0 Å². The summed E-state index contributed by atoms with van der Waals surface area (Å²) in [6.07, 6.45) is -0.645. The molecule has 0 fully saturated rings. The summed E-state index contributed by atoms with van der Waals surface area (Å²) in [6, 6.07) is 5.44. The molecule has 0 unspecified atom stereocenters. The van der Waals surface area contributed by atoms with Gasteiger partial charge in [-0.05, 0) is 45.9 Å². The zero-order chi connectivity index (χ0) is 17.2. The van der Waals surface area contributed by atoms with Gasteiger partial charge in [-0.3, -0.25) is 5.32 Å². The molecule has 0 saturated heterocycles. The molecule has 2 aromatic rings. The molecule has 1 aromatic heterocycles. The third-order valence-electron chi connectivity index (χ3n) is 2.87. The zero-order valence-corrected chi connectivity index (χ0v) is 15.0. The third-order valence-corrected chi connectivity index (χ3v) is 3.36. The molecule has 0 radical (unpaired) electrons. The maximum atomic E-state index is 12.3. The molecule has 124 valence electrons. The minimum absolute atomic E-state index is 0.241. The van der Waals surface area contributed by atoms with Crippen LogP contribution in [-0.2, 0) is 9.47 Å². The largest absolute Gasteiger partial charge is 0.462 e. The first-order valence-electron chi connectivity index (χ1n) is 7.19. The summed E-state index contributed by atoms with van der Waals surface area (Å²) in [7, 11) is 0. The van der Waals surface area contributed by atoms with Gasteiger partial charge in [0, 0.05) is 15.4 Å². The topological polar surface area (TPSA) is 80.4 Å². The van der Waals surface area contributed by atoms with E-state index in [4.69, 9.17) is 9.47 Å². The van der Waals surface area contributed by atoms with Crippen LogP contribution in [0.5, 0.6) is 0 Å². The van der Waals surface area contributed by atoms with Crippen LogP contribution in [0.2, 0.25) is 0 Å². The molecule has 0 saturated carbocycles. The number of carbonyl (C=O) groups excluding carboxylic acids is 2. The van der Waals surface area contributed by atoms with Gasteiger partial charge < -0.3 is 14.5 Å². The molecule has 2 rings (SSSR count). The number of aromatic nitrogens is 1. The Labute approximate surface area is 142 Å². The molecule has 23 heavy (non-hydrogen) atoms. The molecular weight excluding hydrogens is 364 g/mol. The van der Waals surface area contributed by atoms with Crippen molar-refractivity contribution in [2.24, 2.45) is 0 Å². The fourth-order valence-electron chi connectivity index (χ4n) is 2.08. The lowest BCUT2D eigenvalue weighted by Crippen LogP contribution is -2.27. The minimum atomic E-state index is -0.645. The number of halogens is 1. The van der Waals surface area contributed by atoms with Crippen molar-refractivity contribution in [3.05, 3.63) is 28.2 Å². The van der Waals surface area contributed by atoms with Crippen molar-refractivity contribution in [2.75, 3.05) is 11.9 Å². The second-order valence-corrected chi connectivity index (χ2v) is 6.83. The SMILES string of the molecule is CCOC(=O)c1c(NC(=O)OC(C)(C)C)[nH]c2ccc(Br)cc12. The number of benzene rings is 1. The number of amides is 1. The van der Waals surface area contributed by atoms with Crippen LogP contribution in [0, 0.1) is 0 Å². The summed E-state index contributed by atoms with van der Waals surface area (Å²) >= 11 is 3.38. The molecule has 0 spiro atoms. The monoisotopic (exact) mass is 382 g/mol. The molecule has 1 aromatic carbocycles. The highest BCUT2D eigenvalue weighted by molar-refractivity contribution is 9.10. The van der Waals surface area contributed by atoms with Crippen molar-refractivity contribution in [2.45, 2.75) is 33.3 Å². The van der Waals surface area contributed by atoms with Crippen molar-refractivity contribution in [3.8, 4) is 0 Å². The van der Waals surface area contributed by atoms with Crippen LogP contribution in [0.4, 0.5) is 10.6 Å². The van der Waals surface area contributed by atoms with Gasteiger partial charge >= 0.3 is 12.1 Å². The van der Waals surface area contributed by atoms with E-state index in [2.05, 4.69) is 26.2 Å². The second kappa shape index (κ2) is 6.62. The number of fused-ring (bicyclic) bond motifs is 1. The Bertz CT molecular complexity index is 746. The van der Waals surface area contributed by atoms with Crippen molar-refractivity contribution in [1.29, 1.82) is 0 Å². The van der Waals surface area contributed by atoms with Crippen molar-refractivity contribution < 1.29 is 19.1 Å². The normalized spacial score (nSPS) is 11.3. The van der Waals surface area contributed by atoms with E-state index in [0.717, 1.165) is 4.47 Å². The molecule has 0 aliphatic carbocycles. The number of carbonyl (C=O) groups is 2. The van der Waals surface area contributed by atoms with Crippen LogP contribution in [0.15, 0.2) is 22.7 Å². The number of hydrogen-bond donors (Lipinski definition) is 2. The fraction of sp³-hybridized carbons (Fsp3) is 0.375. The average molecular weight is 383 g/mol. The van der Waals surface area contributed by atoms with E-state index < -0.39 is 17.7 Å². The van der Waals surface area contributed by atoms with Gasteiger partial charge in [-0.25, -0.2) is 9.59 Å². The Morgan fingerprint density at radius 3 is 2.61 bits per heavy atom. The van der Waals surface area contributed by atoms with Crippen LogP contribution < -0.4 is 5.32 Å². The molecule has 0 aliphatic rings. The van der Waals surface area contributed by atoms with Crippen LogP contribution in [-0.4, -0.2) is 29.3 Å². The van der Waals surface area contributed by atoms with Gasteiger partial charge in [0.25, 0.3) is 0 Å². The first kappa shape index (κ1) is 17.3. The molecule has 0 bridgehead atoms. The first-order chi connectivity index (χ1) is 10.7. The molecule has 2 N–H and O–H groups in total. The summed E-state index contributed by atoms with van der Waals surface area (Å²) < 4.78 is 11.1. The van der Waals surface area contributed by atoms with Crippen LogP contribution in [0.3, 0.4) is 0 Å². The molecule has 7 heteroatoms. The molecule has 0 atom stereocenters. The molecule has 0 aliphatic heterocycles. The zero-order valence-electron chi connectivity index (χ0n) is 13.5. The van der Waals surface area contributed by atoms with E-state index in [0.29, 0.717) is 10.9 Å². The van der Waals surface area contributed by atoms with Gasteiger partial charge in [0.1, 0.15) is 17.0 Å². The predicted molar refractivity (Wildman–Crippen MR) is 91.8 cm³/mol. The van der Waals surface area contributed by atoms with E-state index in [1.807, 2.05) is 12.1 Å². The van der Waals surface area contributed by atoms with Gasteiger partial charge in [-0.1, -0.05) is 15.9 Å². The van der Waals surface area contributed by atoms with Gasteiger partial charge in [-0.2, -0.15) is 0 Å². The number of hydrogen-bond acceptors (Lipinski definition) is 4. The molecule has 6 nitrogen and oxygen atoms in total. The maximum absolute atomic E-state index is 12.3. The standard InChI is InChI=1S/C16H19BrN2O4/c1-5-22-14(20)12-10-8-9(17)6-7-11(10)18-13(12)19-15(21)23-16(2,3)4/h6-8,18H,5H2,1-4H3,(H,19,21). The third kappa shape index (κ3) is 4.25. The highest BCUT2D eigenvalue weighted by Crippen LogP contribution is 2.30. The van der Waals surface area contributed by atoms with Gasteiger partial charge in [0.05, 0.1) is 6.61 Å². The molecular formula is C16H19BrN2O4. The Hall–Kier alpha value is -2.02. The van der Waals surface area contributed by atoms with Gasteiger partial charge in [0.15, 0.2) is 0 Å². The number of anilines is 1.